The van der Waals surface area contributed by atoms with Crippen molar-refractivity contribution in [1.29, 1.82) is 0 Å². The summed E-state index contributed by atoms with van der Waals surface area (Å²) in [5.41, 5.74) is -1.84. The Bertz CT molecular complexity index is 389. The standard InChI is InChI=1S/C8H5F4NO2/c9-5-3-13-6(8(10,11)12)1-4(5)2-7(14)15/h1,3H,2H2,(H,14,15). The number of carboxylic acid groups (broad SMARTS) is 1. The lowest BCUT2D eigenvalue weighted by Gasteiger charge is -2.07. The van der Waals surface area contributed by atoms with E-state index >= 15 is 0 Å². The molecule has 15 heavy (non-hydrogen) atoms. The summed E-state index contributed by atoms with van der Waals surface area (Å²) in [6.45, 7) is 0. The molecule has 1 aromatic heterocycles. The predicted octanol–water partition coefficient (Wildman–Crippen LogP) is 1.87. The molecule has 82 valence electrons. The van der Waals surface area contributed by atoms with Crippen LogP contribution in [-0.2, 0) is 17.4 Å². The number of hydrogen-bond acceptors (Lipinski definition) is 2. The van der Waals surface area contributed by atoms with E-state index in [9.17, 15) is 22.4 Å². The molecular weight excluding hydrogens is 218 g/mol. The largest absolute Gasteiger partial charge is 0.481 e. The van der Waals surface area contributed by atoms with E-state index in [2.05, 4.69) is 4.98 Å². The van der Waals surface area contributed by atoms with Crippen molar-refractivity contribution in [3.05, 3.63) is 29.3 Å². The van der Waals surface area contributed by atoms with Crippen LogP contribution in [0.3, 0.4) is 0 Å². The zero-order chi connectivity index (χ0) is 11.6. The van der Waals surface area contributed by atoms with E-state index in [0.29, 0.717) is 12.3 Å². The number of rotatable bonds is 2. The second kappa shape index (κ2) is 3.84. The van der Waals surface area contributed by atoms with E-state index in [1.807, 2.05) is 0 Å². The maximum Gasteiger partial charge on any atom is 0.433 e. The molecule has 7 heteroatoms. The van der Waals surface area contributed by atoms with Gasteiger partial charge in [-0.1, -0.05) is 0 Å². The Hall–Kier alpha value is -1.66. The molecule has 0 amide bonds. The molecule has 0 saturated carbocycles. The third-order valence-corrected chi connectivity index (χ3v) is 1.57. The summed E-state index contributed by atoms with van der Waals surface area (Å²) in [6.07, 6.45) is -5.15. The summed E-state index contributed by atoms with van der Waals surface area (Å²) in [5.74, 6) is -2.47. The number of alkyl halides is 3. The van der Waals surface area contributed by atoms with Crippen LogP contribution in [-0.4, -0.2) is 16.1 Å². The fourth-order valence-corrected chi connectivity index (χ4v) is 0.934. The van der Waals surface area contributed by atoms with Gasteiger partial charge in [0, 0.05) is 5.56 Å². The second-order valence-corrected chi connectivity index (χ2v) is 2.73. The van der Waals surface area contributed by atoms with E-state index in [0.717, 1.165) is 0 Å². The summed E-state index contributed by atoms with van der Waals surface area (Å²) in [7, 11) is 0. The van der Waals surface area contributed by atoms with Crippen LogP contribution >= 0.6 is 0 Å². The monoisotopic (exact) mass is 223 g/mol. The summed E-state index contributed by atoms with van der Waals surface area (Å²) in [6, 6.07) is 0.392. The highest BCUT2D eigenvalue weighted by atomic mass is 19.4. The Balaban J connectivity index is 3.11. The summed E-state index contributed by atoms with van der Waals surface area (Å²) >= 11 is 0. The minimum atomic E-state index is -4.71. The molecule has 1 heterocycles. The van der Waals surface area contributed by atoms with Crippen molar-refractivity contribution < 1.29 is 27.5 Å². The molecule has 0 spiro atoms. The molecule has 0 radical (unpaired) electrons. The lowest BCUT2D eigenvalue weighted by Crippen LogP contribution is -2.11. The zero-order valence-corrected chi connectivity index (χ0v) is 7.18. The number of carboxylic acids is 1. The normalized spacial score (nSPS) is 11.5. The van der Waals surface area contributed by atoms with E-state index in [1.54, 1.807) is 0 Å². The Morgan fingerprint density at radius 1 is 1.47 bits per heavy atom. The van der Waals surface area contributed by atoms with Gasteiger partial charge < -0.3 is 5.11 Å². The Kier molecular flexibility index (Phi) is 2.92. The fourth-order valence-electron chi connectivity index (χ4n) is 0.934. The van der Waals surface area contributed by atoms with Gasteiger partial charge in [0.1, 0.15) is 11.5 Å². The van der Waals surface area contributed by atoms with Gasteiger partial charge in [0.25, 0.3) is 0 Å². The van der Waals surface area contributed by atoms with Gasteiger partial charge in [0.2, 0.25) is 0 Å². The molecule has 0 aliphatic rings. The van der Waals surface area contributed by atoms with Crippen LogP contribution in [0, 0.1) is 5.82 Å². The van der Waals surface area contributed by atoms with Crippen molar-refractivity contribution in [3.8, 4) is 0 Å². The van der Waals surface area contributed by atoms with Crippen molar-refractivity contribution in [2.24, 2.45) is 0 Å². The number of carbonyl (C=O) groups is 1. The van der Waals surface area contributed by atoms with E-state index in [-0.39, 0.29) is 0 Å². The minimum Gasteiger partial charge on any atom is -0.481 e. The van der Waals surface area contributed by atoms with Crippen LogP contribution in [0.1, 0.15) is 11.3 Å². The van der Waals surface area contributed by atoms with E-state index < -0.39 is 35.6 Å². The van der Waals surface area contributed by atoms with Crippen LogP contribution in [0.5, 0.6) is 0 Å². The first kappa shape index (κ1) is 11.4. The summed E-state index contributed by atoms with van der Waals surface area (Å²) in [4.78, 5) is 13.0. The Labute approximate surface area is 81.4 Å². The quantitative estimate of drug-likeness (QED) is 0.778. The molecule has 0 aliphatic heterocycles. The van der Waals surface area contributed by atoms with Crippen LogP contribution < -0.4 is 0 Å². The smallest absolute Gasteiger partial charge is 0.433 e. The topological polar surface area (TPSA) is 50.2 Å². The molecular formula is C8H5F4NO2. The maximum atomic E-state index is 12.8. The molecule has 0 atom stereocenters. The van der Waals surface area contributed by atoms with Crippen molar-refractivity contribution in [2.75, 3.05) is 0 Å². The Morgan fingerprint density at radius 2 is 2.07 bits per heavy atom. The molecule has 0 bridgehead atoms. The van der Waals surface area contributed by atoms with Gasteiger partial charge >= 0.3 is 12.1 Å². The van der Waals surface area contributed by atoms with E-state index in [4.69, 9.17) is 5.11 Å². The first-order valence-corrected chi connectivity index (χ1v) is 3.74. The molecule has 3 nitrogen and oxygen atoms in total. The van der Waals surface area contributed by atoms with Gasteiger partial charge in [0.05, 0.1) is 12.6 Å². The third-order valence-electron chi connectivity index (χ3n) is 1.57. The zero-order valence-electron chi connectivity index (χ0n) is 7.18. The molecule has 1 N–H and O–H groups in total. The first-order valence-electron chi connectivity index (χ1n) is 3.74. The molecule has 1 aromatic rings. The van der Waals surface area contributed by atoms with Crippen molar-refractivity contribution in [1.82, 2.24) is 4.98 Å². The van der Waals surface area contributed by atoms with Crippen molar-refractivity contribution in [2.45, 2.75) is 12.6 Å². The van der Waals surface area contributed by atoms with Crippen LogP contribution in [0.4, 0.5) is 17.6 Å². The number of pyridine rings is 1. The average molecular weight is 223 g/mol. The van der Waals surface area contributed by atoms with Gasteiger partial charge in [-0.15, -0.1) is 0 Å². The Morgan fingerprint density at radius 3 is 2.53 bits per heavy atom. The predicted molar refractivity (Wildman–Crippen MR) is 40.5 cm³/mol. The average Bonchev–Trinajstić information content (AvgIpc) is 2.06. The lowest BCUT2D eigenvalue weighted by molar-refractivity contribution is -0.141. The van der Waals surface area contributed by atoms with Gasteiger partial charge in [0.15, 0.2) is 0 Å². The number of halogens is 4. The van der Waals surface area contributed by atoms with Crippen LogP contribution in [0.15, 0.2) is 12.3 Å². The number of hydrogen-bond donors (Lipinski definition) is 1. The summed E-state index contributed by atoms with van der Waals surface area (Å²) in [5, 5.41) is 8.32. The minimum absolute atomic E-state index is 0.362. The first-order chi connectivity index (χ1) is 6.80. The molecule has 0 aromatic carbocycles. The van der Waals surface area contributed by atoms with Crippen LogP contribution in [0.2, 0.25) is 0 Å². The molecule has 0 unspecified atom stereocenters. The van der Waals surface area contributed by atoms with Crippen molar-refractivity contribution in [3.63, 3.8) is 0 Å². The molecule has 1 rings (SSSR count). The third kappa shape index (κ3) is 2.90. The molecule has 0 fully saturated rings. The van der Waals surface area contributed by atoms with E-state index in [1.165, 1.54) is 0 Å². The number of nitrogens with zero attached hydrogens (tertiary/aromatic N) is 1. The lowest BCUT2D eigenvalue weighted by atomic mass is 10.1. The SMILES string of the molecule is O=C(O)Cc1cc(C(F)(F)F)ncc1F. The highest BCUT2D eigenvalue weighted by Crippen LogP contribution is 2.28. The van der Waals surface area contributed by atoms with Gasteiger partial charge in [-0.25, -0.2) is 9.37 Å². The summed E-state index contributed by atoms with van der Waals surface area (Å²) < 4.78 is 49.1. The van der Waals surface area contributed by atoms with Gasteiger partial charge in [-0.3, -0.25) is 4.79 Å². The second-order valence-electron chi connectivity index (χ2n) is 2.73. The number of aromatic nitrogens is 1. The molecule has 0 saturated heterocycles. The highest BCUT2D eigenvalue weighted by Gasteiger charge is 2.33. The molecule has 0 aliphatic carbocycles. The van der Waals surface area contributed by atoms with Crippen molar-refractivity contribution >= 4 is 5.97 Å². The van der Waals surface area contributed by atoms with Gasteiger partial charge in [-0.05, 0) is 6.07 Å². The van der Waals surface area contributed by atoms with Gasteiger partial charge in [-0.2, -0.15) is 13.2 Å². The maximum absolute atomic E-state index is 12.8. The fraction of sp³-hybridized carbons (Fsp3) is 0.250. The number of aliphatic carboxylic acids is 1. The highest BCUT2D eigenvalue weighted by molar-refractivity contribution is 5.70. The van der Waals surface area contributed by atoms with Crippen LogP contribution in [0.25, 0.3) is 0 Å².